The second-order valence-corrected chi connectivity index (χ2v) is 4.45. The van der Waals surface area contributed by atoms with Gasteiger partial charge in [0.05, 0.1) is 5.08 Å². The summed E-state index contributed by atoms with van der Waals surface area (Å²) in [6.07, 6.45) is 0. The number of thiol groups is 2. The molecular weight excluding hydrogens is 188 g/mol. The van der Waals surface area contributed by atoms with E-state index in [-0.39, 0.29) is 22.3 Å². The van der Waals surface area contributed by atoms with Gasteiger partial charge in [-0.1, -0.05) is 43.9 Å². The molecule has 0 aromatic heterocycles. The summed E-state index contributed by atoms with van der Waals surface area (Å²) >= 11 is 7.31. The van der Waals surface area contributed by atoms with E-state index in [2.05, 4.69) is 25.3 Å². The monoisotopic (exact) mass is 206 g/mol. The standard InChI is InChI=1S/CH2S2.CH4S2.3CH4/c1-2-3-1;2-1-3;;;/h1H2;2-3H,1H2;3*1H4. The van der Waals surface area contributed by atoms with Gasteiger partial charge in [0.15, 0.2) is 0 Å². The average molecular weight is 206 g/mol. The van der Waals surface area contributed by atoms with Crippen LogP contribution in [0.5, 0.6) is 0 Å². The van der Waals surface area contributed by atoms with Crippen LogP contribution in [-0.2, 0) is 0 Å². The second kappa shape index (κ2) is 22.7. The molecule has 0 N–H and O–H groups in total. The van der Waals surface area contributed by atoms with E-state index in [0.717, 1.165) is 0 Å². The van der Waals surface area contributed by atoms with Crippen molar-refractivity contribution < 1.29 is 0 Å². The van der Waals surface area contributed by atoms with Crippen molar-refractivity contribution in [2.75, 3.05) is 10.2 Å². The Labute approximate surface area is 79.2 Å². The number of rotatable bonds is 0. The maximum atomic E-state index is 3.65. The number of hydrogen-bond acceptors (Lipinski definition) is 4. The maximum Gasteiger partial charge on any atom is 0.0600 e. The highest BCUT2D eigenvalue weighted by atomic mass is 33.2. The molecule has 1 rings (SSSR count). The Morgan fingerprint density at radius 2 is 1.11 bits per heavy atom. The smallest absolute Gasteiger partial charge is 0.0600 e. The zero-order chi connectivity index (χ0) is 4.83. The highest BCUT2D eigenvalue weighted by Crippen LogP contribution is 2.41. The van der Waals surface area contributed by atoms with Crippen LogP contribution in [-0.4, -0.2) is 10.2 Å². The molecule has 0 radical (unpaired) electrons. The minimum atomic E-state index is 0. The molecule has 1 saturated heterocycles. The maximum absolute atomic E-state index is 3.65. The minimum absolute atomic E-state index is 0. The normalized spacial score (nSPS) is 10.0. The van der Waals surface area contributed by atoms with Crippen molar-refractivity contribution in [3.05, 3.63) is 0 Å². The largest absolute Gasteiger partial charge is 0.169 e. The van der Waals surface area contributed by atoms with Crippen molar-refractivity contribution >= 4 is 46.8 Å². The van der Waals surface area contributed by atoms with Gasteiger partial charge in [-0.2, -0.15) is 25.3 Å². The van der Waals surface area contributed by atoms with Crippen molar-refractivity contribution in [3.63, 3.8) is 0 Å². The zero-order valence-electron chi connectivity index (χ0n) is 3.13. The van der Waals surface area contributed by atoms with Crippen LogP contribution >= 0.6 is 46.8 Å². The fourth-order valence-electron chi connectivity index (χ4n) is 0. The predicted octanol–water partition coefficient (Wildman–Crippen LogP) is 4.05. The Hall–Kier alpha value is 1.40. The summed E-state index contributed by atoms with van der Waals surface area (Å²) in [5.74, 6) is 0. The molecular formula is C5H18S4. The van der Waals surface area contributed by atoms with Gasteiger partial charge < -0.3 is 0 Å². The van der Waals surface area contributed by atoms with Crippen molar-refractivity contribution in [2.24, 2.45) is 0 Å². The van der Waals surface area contributed by atoms with Crippen molar-refractivity contribution in [3.8, 4) is 0 Å². The van der Waals surface area contributed by atoms with Gasteiger partial charge in [-0.25, -0.2) is 0 Å². The molecule has 0 unspecified atom stereocenters. The van der Waals surface area contributed by atoms with E-state index in [0.29, 0.717) is 5.08 Å². The lowest BCUT2D eigenvalue weighted by atomic mass is 11.9. The Morgan fingerprint density at radius 1 is 1.00 bits per heavy atom. The van der Waals surface area contributed by atoms with E-state index in [9.17, 15) is 0 Å². The SMILES string of the molecule is C.C.C.C1SS1.SCS. The van der Waals surface area contributed by atoms with Gasteiger partial charge in [0, 0.05) is 5.08 Å². The first-order chi connectivity index (χ1) is 2.91. The molecule has 0 nitrogen and oxygen atoms in total. The van der Waals surface area contributed by atoms with E-state index >= 15 is 0 Å². The van der Waals surface area contributed by atoms with Gasteiger partial charge >= 0.3 is 0 Å². The van der Waals surface area contributed by atoms with Crippen LogP contribution in [0.4, 0.5) is 0 Å². The lowest BCUT2D eigenvalue weighted by Gasteiger charge is -1.49. The topological polar surface area (TPSA) is 0 Å². The molecule has 1 aliphatic heterocycles. The van der Waals surface area contributed by atoms with Crippen LogP contribution in [0.3, 0.4) is 0 Å². The Bertz CT molecular complexity index is 20.2. The fourth-order valence-corrected chi connectivity index (χ4v) is 0. The number of hydrogen-bond donors (Lipinski definition) is 2. The lowest BCUT2D eigenvalue weighted by molar-refractivity contribution is 2.37. The first-order valence-corrected chi connectivity index (χ1v) is 5.13. The van der Waals surface area contributed by atoms with Gasteiger partial charge in [-0.3, -0.25) is 0 Å². The lowest BCUT2D eigenvalue weighted by Crippen LogP contribution is -1.25. The van der Waals surface area contributed by atoms with E-state index in [1.807, 2.05) is 21.6 Å². The van der Waals surface area contributed by atoms with Crippen molar-refractivity contribution in [1.29, 1.82) is 0 Å². The molecule has 0 atom stereocenters. The molecule has 9 heavy (non-hydrogen) atoms. The summed E-state index contributed by atoms with van der Waals surface area (Å²) in [4.78, 5) is 0. The van der Waals surface area contributed by atoms with Crippen LogP contribution < -0.4 is 0 Å². The average Bonchev–Trinajstić information content (AvgIpc) is 2.11. The Morgan fingerprint density at radius 3 is 1.11 bits per heavy atom. The van der Waals surface area contributed by atoms with E-state index in [1.165, 1.54) is 5.08 Å². The molecule has 62 valence electrons. The first kappa shape index (κ1) is 22.4. The van der Waals surface area contributed by atoms with Gasteiger partial charge in [0.1, 0.15) is 0 Å². The van der Waals surface area contributed by atoms with E-state index in [1.54, 1.807) is 0 Å². The van der Waals surface area contributed by atoms with Gasteiger partial charge in [0.25, 0.3) is 0 Å². The third-order valence-corrected chi connectivity index (χ3v) is 1.06. The van der Waals surface area contributed by atoms with Crippen molar-refractivity contribution in [2.45, 2.75) is 22.3 Å². The molecule has 0 aromatic carbocycles. The van der Waals surface area contributed by atoms with Crippen LogP contribution in [0, 0.1) is 0 Å². The van der Waals surface area contributed by atoms with E-state index < -0.39 is 0 Å². The third-order valence-electron chi connectivity index (χ3n) is 0.118. The quantitative estimate of drug-likeness (QED) is 0.266. The molecule has 0 spiro atoms. The van der Waals surface area contributed by atoms with Crippen LogP contribution in [0.15, 0.2) is 0 Å². The Kier molecular flexibility index (Phi) is 56.7. The third kappa shape index (κ3) is 89.4. The second-order valence-electron chi connectivity index (χ2n) is 0.495. The highest BCUT2D eigenvalue weighted by molar-refractivity contribution is 8.92. The van der Waals surface area contributed by atoms with E-state index in [4.69, 9.17) is 0 Å². The molecule has 0 amide bonds. The van der Waals surface area contributed by atoms with Crippen LogP contribution in [0.1, 0.15) is 22.3 Å². The zero-order valence-corrected chi connectivity index (χ0v) is 6.55. The molecule has 1 aliphatic rings. The fraction of sp³-hybridized carbons (Fsp3) is 1.00. The molecule has 0 aromatic rings. The van der Waals surface area contributed by atoms with Gasteiger partial charge in [-0.15, -0.1) is 0 Å². The summed E-state index contributed by atoms with van der Waals surface area (Å²) in [7, 11) is 3.83. The van der Waals surface area contributed by atoms with Gasteiger partial charge in [0.2, 0.25) is 0 Å². The molecule has 0 aliphatic carbocycles. The summed E-state index contributed by atoms with van der Waals surface area (Å²) < 4.78 is 0. The van der Waals surface area contributed by atoms with Crippen LogP contribution in [0.25, 0.3) is 0 Å². The molecule has 0 bridgehead atoms. The highest BCUT2D eigenvalue weighted by Gasteiger charge is 1.97. The summed E-state index contributed by atoms with van der Waals surface area (Å²) in [5, 5.41) is 1.97. The van der Waals surface area contributed by atoms with Crippen LogP contribution in [0.2, 0.25) is 0 Å². The molecule has 0 saturated carbocycles. The van der Waals surface area contributed by atoms with Gasteiger partial charge in [-0.05, 0) is 0 Å². The summed E-state index contributed by atoms with van der Waals surface area (Å²) in [6.45, 7) is 0. The summed E-state index contributed by atoms with van der Waals surface area (Å²) in [6, 6.07) is 0. The van der Waals surface area contributed by atoms with Crippen molar-refractivity contribution in [1.82, 2.24) is 0 Å². The first-order valence-electron chi connectivity index (χ1n) is 1.38. The minimum Gasteiger partial charge on any atom is -0.169 e. The molecule has 1 heterocycles. The molecule has 4 heteroatoms. The molecule has 1 fully saturated rings. The summed E-state index contributed by atoms with van der Waals surface area (Å²) in [5.41, 5.74) is 0. The Balaban J connectivity index is -0.0000000208. The predicted molar refractivity (Wildman–Crippen MR) is 63.1 cm³/mol.